The number of carboxylic acids is 2. The molecule has 21 heavy (non-hydrogen) atoms. The van der Waals surface area contributed by atoms with Crippen LogP contribution in [0.25, 0.3) is 0 Å². The molecule has 3 N–H and O–H groups in total. The predicted molar refractivity (Wildman–Crippen MR) is 77.7 cm³/mol. The van der Waals surface area contributed by atoms with E-state index in [4.69, 9.17) is 5.11 Å². The smallest absolute Gasteiger partial charge is 0.340 e. The maximum Gasteiger partial charge on any atom is 0.340 e. The van der Waals surface area contributed by atoms with E-state index in [9.17, 15) is 19.8 Å². The first-order valence-corrected chi connectivity index (χ1v) is 6.88. The molecule has 0 saturated carbocycles. The standard InChI is InChI=1S/C15H12O5S/c16-10-7-4-8-11(12(10)14(17)18)21-13(15(19)20)9-5-2-1-3-6-9/h1-8,13,16H,(H,17,18)(H,19,20). The van der Waals surface area contributed by atoms with Gasteiger partial charge in [-0.3, -0.25) is 4.79 Å². The van der Waals surface area contributed by atoms with Crippen LogP contribution in [0.1, 0.15) is 21.2 Å². The Labute approximate surface area is 124 Å². The highest BCUT2D eigenvalue weighted by atomic mass is 32.2. The average Bonchev–Trinajstić information content (AvgIpc) is 2.45. The highest BCUT2D eigenvalue weighted by Gasteiger charge is 2.25. The SMILES string of the molecule is O=C(O)c1c(O)cccc1SC(C(=O)O)c1ccccc1. The first-order valence-electron chi connectivity index (χ1n) is 6.00. The lowest BCUT2D eigenvalue weighted by Gasteiger charge is -2.14. The van der Waals surface area contributed by atoms with Crippen molar-refractivity contribution >= 4 is 23.7 Å². The molecule has 0 heterocycles. The minimum Gasteiger partial charge on any atom is -0.507 e. The number of phenols is 1. The van der Waals surface area contributed by atoms with Crippen molar-refractivity contribution in [2.75, 3.05) is 0 Å². The van der Waals surface area contributed by atoms with E-state index in [1.54, 1.807) is 30.3 Å². The molecule has 1 unspecified atom stereocenters. The van der Waals surface area contributed by atoms with Crippen molar-refractivity contribution in [3.63, 3.8) is 0 Å². The Morgan fingerprint density at radius 2 is 1.62 bits per heavy atom. The van der Waals surface area contributed by atoms with Gasteiger partial charge in [0.1, 0.15) is 16.6 Å². The normalized spacial score (nSPS) is 11.8. The third-order valence-corrected chi connectivity index (χ3v) is 4.09. The summed E-state index contributed by atoms with van der Waals surface area (Å²) in [5.41, 5.74) is 0.263. The van der Waals surface area contributed by atoms with Gasteiger partial charge in [0.05, 0.1) is 0 Å². The van der Waals surface area contributed by atoms with E-state index in [0.717, 1.165) is 11.8 Å². The molecule has 6 heteroatoms. The summed E-state index contributed by atoms with van der Waals surface area (Å²) in [6, 6.07) is 12.7. The Morgan fingerprint density at radius 3 is 2.19 bits per heavy atom. The first-order chi connectivity index (χ1) is 10.0. The van der Waals surface area contributed by atoms with Gasteiger partial charge in [-0.1, -0.05) is 36.4 Å². The zero-order valence-electron chi connectivity index (χ0n) is 10.8. The van der Waals surface area contributed by atoms with Crippen LogP contribution in [0, 0.1) is 0 Å². The average molecular weight is 304 g/mol. The van der Waals surface area contributed by atoms with Crippen LogP contribution in [0.3, 0.4) is 0 Å². The summed E-state index contributed by atoms with van der Waals surface area (Å²) >= 11 is 0.879. The van der Waals surface area contributed by atoms with Gasteiger partial charge in [0.2, 0.25) is 0 Å². The lowest BCUT2D eigenvalue weighted by atomic mass is 10.1. The Morgan fingerprint density at radius 1 is 0.952 bits per heavy atom. The van der Waals surface area contributed by atoms with Crippen LogP contribution < -0.4 is 0 Å². The lowest BCUT2D eigenvalue weighted by molar-refractivity contribution is -0.136. The fourth-order valence-corrected chi connectivity index (χ4v) is 2.96. The van der Waals surface area contributed by atoms with Gasteiger partial charge < -0.3 is 15.3 Å². The number of carbonyl (C=O) groups is 2. The molecule has 0 aliphatic carbocycles. The first kappa shape index (κ1) is 14.9. The van der Waals surface area contributed by atoms with E-state index in [1.807, 2.05) is 0 Å². The van der Waals surface area contributed by atoms with Crippen molar-refractivity contribution < 1.29 is 24.9 Å². The number of aromatic hydroxyl groups is 1. The molecule has 0 aliphatic heterocycles. The van der Waals surface area contributed by atoms with Crippen LogP contribution in [-0.4, -0.2) is 27.3 Å². The maximum absolute atomic E-state index is 11.4. The zero-order chi connectivity index (χ0) is 15.4. The second-order valence-electron chi connectivity index (χ2n) is 4.20. The van der Waals surface area contributed by atoms with E-state index in [0.29, 0.717) is 5.56 Å². The number of hydrogen-bond acceptors (Lipinski definition) is 4. The second-order valence-corrected chi connectivity index (χ2v) is 5.35. The molecule has 0 spiro atoms. The van der Waals surface area contributed by atoms with Crippen LogP contribution in [0.2, 0.25) is 0 Å². The molecule has 0 radical (unpaired) electrons. The van der Waals surface area contributed by atoms with Gasteiger partial charge in [0, 0.05) is 4.90 Å². The number of carboxylic acid groups (broad SMARTS) is 2. The summed E-state index contributed by atoms with van der Waals surface area (Å²) in [4.78, 5) is 22.9. The fourth-order valence-electron chi connectivity index (χ4n) is 1.85. The fraction of sp³-hybridized carbons (Fsp3) is 0.0667. The quantitative estimate of drug-likeness (QED) is 0.735. The molecule has 0 bridgehead atoms. The van der Waals surface area contributed by atoms with Crippen molar-refractivity contribution in [3.8, 4) is 5.75 Å². The van der Waals surface area contributed by atoms with Gasteiger partial charge in [-0.25, -0.2) is 4.79 Å². The summed E-state index contributed by atoms with van der Waals surface area (Å²) < 4.78 is 0. The van der Waals surface area contributed by atoms with Crippen molar-refractivity contribution in [1.29, 1.82) is 0 Å². The lowest BCUT2D eigenvalue weighted by Crippen LogP contribution is -2.09. The largest absolute Gasteiger partial charge is 0.507 e. The Balaban J connectivity index is 2.41. The molecular formula is C15H12O5S. The zero-order valence-corrected chi connectivity index (χ0v) is 11.6. The second kappa shape index (κ2) is 6.32. The van der Waals surface area contributed by atoms with E-state index in [1.165, 1.54) is 18.2 Å². The van der Waals surface area contributed by atoms with Crippen LogP contribution in [0.15, 0.2) is 53.4 Å². The minimum atomic E-state index is -1.30. The molecule has 2 rings (SSSR count). The third kappa shape index (κ3) is 3.35. The summed E-state index contributed by atoms with van der Waals surface area (Å²) in [6.07, 6.45) is 0. The Bertz CT molecular complexity index is 669. The molecule has 0 fully saturated rings. The Kier molecular flexibility index (Phi) is 4.49. The van der Waals surface area contributed by atoms with Crippen LogP contribution in [-0.2, 0) is 4.79 Å². The van der Waals surface area contributed by atoms with Gasteiger partial charge in [0.25, 0.3) is 0 Å². The monoisotopic (exact) mass is 304 g/mol. The van der Waals surface area contributed by atoms with Crippen molar-refractivity contribution in [3.05, 3.63) is 59.7 Å². The van der Waals surface area contributed by atoms with E-state index in [2.05, 4.69) is 0 Å². The van der Waals surface area contributed by atoms with Gasteiger partial charge in [-0.15, -0.1) is 11.8 Å². The summed E-state index contributed by atoms with van der Waals surface area (Å²) in [5, 5.41) is 27.2. The predicted octanol–water partition coefficient (Wildman–Crippen LogP) is 3.01. The molecule has 108 valence electrons. The number of thioether (sulfide) groups is 1. The topological polar surface area (TPSA) is 94.8 Å². The molecule has 0 amide bonds. The number of rotatable bonds is 5. The summed E-state index contributed by atoms with van der Waals surface area (Å²) in [6.45, 7) is 0. The number of aliphatic carboxylic acids is 1. The maximum atomic E-state index is 11.4. The molecule has 0 aromatic heterocycles. The number of benzene rings is 2. The highest BCUT2D eigenvalue weighted by molar-refractivity contribution is 8.00. The molecule has 5 nitrogen and oxygen atoms in total. The van der Waals surface area contributed by atoms with Gasteiger partial charge in [0.15, 0.2) is 0 Å². The molecular weight excluding hydrogens is 292 g/mol. The molecule has 2 aromatic carbocycles. The van der Waals surface area contributed by atoms with Gasteiger partial charge in [-0.2, -0.15) is 0 Å². The van der Waals surface area contributed by atoms with E-state index in [-0.39, 0.29) is 16.2 Å². The number of aromatic carboxylic acids is 1. The van der Waals surface area contributed by atoms with Crippen LogP contribution in [0.5, 0.6) is 5.75 Å². The van der Waals surface area contributed by atoms with Crippen LogP contribution in [0.4, 0.5) is 0 Å². The summed E-state index contributed by atoms with van der Waals surface area (Å²) in [5.74, 6) is -2.76. The molecule has 1 atom stereocenters. The molecule has 0 aliphatic rings. The molecule has 0 saturated heterocycles. The van der Waals surface area contributed by atoms with Gasteiger partial charge in [-0.05, 0) is 17.7 Å². The van der Waals surface area contributed by atoms with Crippen molar-refractivity contribution in [1.82, 2.24) is 0 Å². The molecule has 2 aromatic rings. The Hall–Kier alpha value is -2.47. The van der Waals surface area contributed by atoms with Crippen molar-refractivity contribution in [2.24, 2.45) is 0 Å². The van der Waals surface area contributed by atoms with E-state index >= 15 is 0 Å². The van der Waals surface area contributed by atoms with Crippen molar-refractivity contribution in [2.45, 2.75) is 10.1 Å². The third-order valence-electron chi connectivity index (χ3n) is 2.79. The van der Waals surface area contributed by atoms with Crippen LogP contribution >= 0.6 is 11.8 Å². The van der Waals surface area contributed by atoms with E-state index < -0.39 is 17.2 Å². The van der Waals surface area contributed by atoms with Gasteiger partial charge >= 0.3 is 11.9 Å². The highest BCUT2D eigenvalue weighted by Crippen LogP contribution is 2.39. The summed E-state index contributed by atoms with van der Waals surface area (Å²) in [7, 11) is 0. The minimum absolute atomic E-state index is 0.207. The number of hydrogen-bond donors (Lipinski definition) is 3.